The van der Waals surface area contributed by atoms with Gasteiger partial charge in [0.1, 0.15) is 5.75 Å². The molecule has 3 amide bonds. The van der Waals surface area contributed by atoms with Crippen molar-refractivity contribution >= 4 is 17.6 Å². The van der Waals surface area contributed by atoms with Crippen molar-refractivity contribution in [3.8, 4) is 5.75 Å². The summed E-state index contributed by atoms with van der Waals surface area (Å²) in [7, 11) is 1.89. The quantitative estimate of drug-likeness (QED) is 0.316. The van der Waals surface area contributed by atoms with Gasteiger partial charge in [0, 0.05) is 43.9 Å². The molecular formula is C34H49F3N4O5. The Morgan fingerprint density at radius 2 is 1.80 bits per heavy atom. The van der Waals surface area contributed by atoms with Crippen LogP contribution in [0.15, 0.2) is 42.5 Å². The van der Waals surface area contributed by atoms with Crippen molar-refractivity contribution in [2.45, 2.75) is 90.9 Å². The Kier molecular flexibility index (Phi) is 13.7. The number of aliphatic hydroxyl groups is 1. The Balaban J connectivity index is 1.87. The lowest BCUT2D eigenvalue weighted by atomic mass is 10.0. The van der Waals surface area contributed by atoms with Crippen LogP contribution >= 0.6 is 0 Å². The molecule has 0 aliphatic carbocycles. The van der Waals surface area contributed by atoms with Crippen molar-refractivity contribution in [1.82, 2.24) is 15.1 Å². The SMILES string of the molecule is CC(C)NC(=O)Nc1ccc2c(c1)C(=O)N([C@H](C)CO)C[C@@H](C)[C@@H](CN(C)Cc1ccc(C(F)(F)F)cc1)OCCCC[C@H](C)O2. The summed E-state index contributed by atoms with van der Waals surface area (Å²) in [6, 6.07) is 9.13. The lowest BCUT2D eigenvalue weighted by Gasteiger charge is -2.36. The van der Waals surface area contributed by atoms with Crippen molar-refractivity contribution < 1.29 is 37.3 Å². The first kappa shape index (κ1) is 37.1. The fourth-order valence-electron chi connectivity index (χ4n) is 5.37. The molecule has 2 aromatic rings. The van der Waals surface area contributed by atoms with E-state index in [4.69, 9.17) is 9.47 Å². The van der Waals surface area contributed by atoms with Gasteiger partial charge in [-0.3, -0.25) is 9.69 Å². The fourth-order valence-corrected chi connectivity index (χ4v) is 5.37. The summed E-state index contributed by atoms with van der Waals surface area (Å²) >= 11 is 0. The van der Waals surface area contributed by atoms with E-state index in [1.165, 1.54) is 12.1 Å². The third-order valence-electron chi connectivity index (χ3n) is 7.95. The second-order valence-electron chi connectivity index (χ2n) is 12.7. The number of nitrogens with zero attached hydrogens (tertiary/aromatic N) is 2. The van der Waals surface area contributed by atoms with Gasteiger partial charge in [-0.15, -0.1) is 0 Å². The molecule has 2 aromatic carbocycles. The molecule has 0 saturated heterocycles. The first-order valence-electron chi connectivity index (χ1n) is 15.9. The Labute approximate surface area is 270 Å². The van der Waals surface area contributed by atoms with Crippen LogP contribution in [0.5, 0.6) is 5.75 Å². The smallest absolute Gasteiger partial charge is 0.416 e. The number of halogens is 3. The molecule has 0 fully saturated rings. The van der Waals surface area contributed by atoms with E-state index < -0.39 is 23.8 Å². The number of fused-ring (bicyclic) bond motifs is 1. The molecule has 0 aromatic heterocycles. The first-order chi connectivity index (χ1) is 21.7. The van der Waals surface area contributed by atoms with Crippen LogP contribution in [0.3, 0.4) is 0 Å². The third-order valence-corrected chi connectivity index (χ3v) is 7.95. The van der Waals surface area contributed by atoms with Gasteiger partial charge in [-0.2, -0.15) is 13.2 Å². The molecular weight excluding hydrogens is 601 g/mol. The number of anilines is 1. The molecule has 4 atom stereocenters. The van der Waals surface area contributed by atoms with Crippen LogP contribution in [0, 0.1) is 5.92 Å². The van der Waals surface area contributed by atoms with E-state index in [0.717, 1.165) is 37.0 Å². The normalized spacial score (nSPS) is 20.9. The van der Waals surface area contributed by atoms with Gasteiger partial charge in [0.15, 0.2) is 0 Å². The van der Waals surface area contributed by atoms with E-state index >= 15 is 0 Å². The number of nitrogens with one attached hydrogen (secondary N) is 2. The number of ether oxygens (including phenoxy) is 2. The number of likely N-dealkylation sites (N-methyl/N-ethyl adjacent to an activating group) is 1. The van der Waals surface area contributed by atoms with Gasteiger partial charge in [0.2, 0.25) is 0 Å². The van der Waals surface area contributed by atoms with Crippen molar-refractivity contribution in [3.63, 3.8) is 0 Å². The number of benzene rings is 2. The van der Waals surface area contributed by atoms with Crippen LogP contribution in [0.25, 0.3) is 0 Å². The molecule has 1 heterocycles. The number of alkyl halides is 3. The number of carbonyl (C=O) groups excluding carboxylic acids is 2. The molecule has 0 saturated carbocycles. The molecule has 3 N–H and O–H groups in total. The van der Waals surface area contributed by atoms with Crippen LogP contribution < -0.4 is 15.4 Å². The zero-order valence-electron chi connectivity index (χ0n) is 27.7. The molecule has 9 nitrogen and oxygen atoms in total. The zero-order valence-corrected chi connectivity index (χ0v) is 27.7. The van der Waals surface area contributed by atoms with Crippen LogP contribution in [-0.2, 0) is 17.5 Å². The van der Waals surface area contributed by atoms with E-state index in [1.807, 2.05) is 39.6 Å². The molecule has 1 aliphatic heterocycles. The molecule has 0 unspecified atom stereocenters. The minimum absolute atomic E-state index is 0.0744. The van der Waals surface area contributed by atoms with Gasteiger partial charge in [-0.05, 0) is 89.9 Å². The van der Waals surface area contributed by atoms with E-state index in [9.17, 15) is 27.9 Å². The summed E-state index contributed by atoms with van der Waals surface area (Å²) in [5.41, 5.74) is 0.758. The average Bonchev–Trinajstić information content (AvgIpc) is 2.98. The first-order valence-corrected chi connectivity index (χ1v) is 15.9. The Morgan fingerprint density at radius 3 is 2.43 bits per heavy atom. The highest BCUT2D eigenvalue weighted by molar-refractivity contribution is 5.99. The maximum atomic E-state index is 14.2. The highest BCUT2D eigenvalue weighted by Gasteiger charge is 2.31. The Morgan fingerprint density at radius 1 is 1.11 bits per heavy atom. The van der Waals surface area contributed by atoms with Crippen molar-refractivity contribution in [3.05, 3.63) is 59.2 Å². The van der Waals surface area contributed by atoms with Crippen molar-refractivity contribution in [2.75, 3.05) is 38.7 Å². The molecule has 256 valence electrons. The number of aliphatic hydroxyl groups excluding tert-OH is 1. The molecule has 0 spiro atoms. The third kappa shape index (κ3) is 11.2. The number of hydrogen-bond donors (Lipinski definition) is 3. The van der Waals surface area contributed by atoms with E-state index in [2.05, 4.69) is 10.6 Å². The number of rotatable bonds is 8. The standard InChI is InChI=1S/C34H49F3N4O5/c1-22(2)38-33(44)39-28-14-15-30-29(17-28)32(43)41(24(4)21-42)18-23(3)31(45-16-8-7-9-25(5)46-30)20-40(6)19-26-10-12-27(13-11-26)34(35,36)37/h10-15,17,22-25,31,42H,7-9,16,18-21H2,1-6H3,(H2,38,39,44)/t23-,24-,25+,31-/m1/s1. The van der Waals surface area contributed by atoms with Crippen LogP contribution in [0.2, 0.25) is 0 Å². The van der Waals surface area contributed by atoms with Gasteiger partial charge >= 0.3 is 12.2 Å². The van der Waals surface area contributed by atoms with Crippen molar-refractivity contribution in [1.29, 1.82) is 0 Å². The van der Waals surface area contributed by atoms with Gasteiger partial charge in [-0.1, -0.05) is 19.1 Å². The topological polar surface area (TPSA) is 103 Å². The number of urea groups is 1. The van der Waals surface area contributed by atoms with Crippen LogP contribution in [0.1, 0.15) is 75.4 Å². The van der Waals surface area contributed by atoms with E-state index in [0.29, 0.717) is 31.1 Å². The number of carbonyl (C=O) groups is 2. The second kappa shape index (κ2) is 17.0. The van der Waals surface area contributed by atoms with Gasteiger partial charge in [0.25, 0.3) is 5.91 Å². The largest absolute Gasteiger partial charge is 0.490 e. The molecule has 12 heteroatoms. The van der Waals surface area contributed by atoms with Gasteiger partial charge in [-0.25, -0.2) is 4.79 Å². The van der Waals surface area contributed by atoms with Crippen molar-refractivity contribution in [2.24, 2.45) is 5.92 Å². The van der Waals surface area contributed by atoms with Crippen LogP contribution in [0.4, 0.5) is 23.7 Å². The maximum Gasteiger partial charge on any atom is 0.416 e. The summed E-state index contributed by atoms with van der Waals surface area (Å²) in [5, 5.41) is 15.7. The molecule has 1 aliphatic rings. The maximum absolute atomic E-state index is 14.2. The predicted molar refractivity (Wildman–Crippen MR) is 172 cm³/mol. The molecule has 46 heavy (non-hydrogen) atoms. The Hall–Kier alpha value is -3.35. The van der Waals surface area contributed by atoms with E-state index in [1.54, 1.807) is 30.0 Å². The fraction of sp³-hybridized carbons (Fsp3) is 0.588. The average molecular weight is 651 g/mol. The summed E-state index contributed by atoms with van der Waals surface area (Å²) in [6.07, 6.45) is -2.50. The number of hydrogen-bond acceptors (Lipinski definition) is 6. The highest BCUT2D eigenvalue weighted by atomic mass is 19.4. The van der Waals surface area contributed by atoms with E-state index in [-0.39, 0.29) is 48.8 Å². The molecule has 0 bridgehead atoms. The minimum atomic E-state index is -4.39. The Bertz CT molecular complexity index is 1270. The van der Waals surface area contributed by atoms with Gasteiger partial charge in [0.05, 0.1) is 36.0 Å². The lowest BCUT2D eigenvalue weighted by molar-refractivity contribution is -0.137. The highest BCUT2D eigenvalue weighted by Crippen LogP contribution is 2.30. The predicted octanol–water partition coefficient (Wildman–Crippen LogP) is 6.16. The summed E-state index contributed by atoms with van der Waals surface area (Å²) < 4.78 is 51.7. The summed E-state index contributed by atoms with van der Waals surface area (Å²) in [4.78, 5) is 30.2. The van der Waals surface area contributed by atoms with Gasteiger partial charge < -0.3 is 30.1 Å². The number of amides is 3. The zero-order chi connectivity index (χ0) is 34.0. The second-order valence-corrected chi connectivity index (χ2v) is 12.7. The lowest BCUT2D eigenvalue weighted by Crippen LogP contribution is -2.47. The molecule has 0 radical (unpaired) electrons. The summed E-state index contributed by atoms with van der Waals surface area (Å²) in [6.45, 7) is 10.8. The monoisotopic (exact) mass is 650 g/mol. The minimum Gasteiger partial charge on any atom is -0.490 e. The summed E-state index contributed by atoms with van der Waals surface area (Å²) in [5.74, 6) is -0.119. The molecule has 3 rings (SSSR count). The van der Waals surface area contributed by atoms with Crippen LogP contribution in [-0.4, -0.2) is 84.5 Å².